The van der Waals surface area contributed by atoms with E-state index in [1.165, 1.54) is 23.0 Å². The van der Waals surface area contributed by atoms with Crippen LogP contribution in [-0.4, -0.2) is 38.4 Å². The van der Waals surface area contributed by atoms with Gasteiger partial charge in [-0.1, -0.05) is 0 Å². The second-order valence-corrected chi connectivity index (χ2v) is 4.83. The average Bonchev–Trinajstić information content (AvgIpc) is 2.97. The summed E-state index contributed by atoms with van der Waals surface area (Å²) in [5.74, 6) is -0.283. The zero-order chi connectivity index (χ0) is 16.1. The van der Waals surface area contributed by atoms with Crippen LogP contribution in [0, 0.1) is 10.1 Å². The lowest BCUT2D eigenvalue weighted by Crippen LogP contribution is -2.32. The number of hydrogen-bond acceptors (Lipinski definition) is 5. The minimum Gasteiger partial charge on any atom is -0.396 e. The van der Waals surface area contributed by atoms with Crippen molar-refractivity contribution in [2.45, 2.75) is 19.4 Å². The van der Waals surface area contributed by atoms with Crippen molar-refractivity contribution in [2.24, 2.45) is 0 Å². The van der Waals surface area contributed by atoms with Crippen molar-refractivity contribution >= 4 is 11.6 Å². The molecule has 8 heteroatoms. The highest BCUT2D eigenvalue weighted by molar-refractivity contribution is 5.93. The van der Waals surface area contributed by atoms with Crippen molar-refractivity contribution < 1.29 is 14.8 Å². The van der Waals surface area contributed by atoms with E-state index in [0.717, 1.165) is 0 Å². The molecule has 0 aliphatic carbocycles. The Labute approximate surface area is 126 Å². The van der Waals surface area contributed by atoms with E-state index in [0.29, 0.717) is 17.7 Å². The molecule has 2 rings (SSSR count). The molecule has 0 aliphatic rings. The zero-order valence-electron chi connectivity index (χ0n) is 12.0. The lowest BCUT2D eigenvalue weighted by Gasteiger charge is -2.10. The van der Waals surface area contributed by atoms with Crippen molar-refractivity contribution in [3.8, 4) is 5.69 Å². The van der Waals surface area contributed by atoms with Crippen LogP contribution in [0.15, 0.2) is 36.7 Å². The van der Waals surface area contributed by atoms with Crippen LogP contribution < -0.4 is 5.32 Å². The predicted octanol–water partition coefficient (Wildman–Crippen LogP) is 1.28. The number of aromatic nitrogens is 2. The minimum absolute atomic E-state index is 0.00348. The van der Waals surface area contributed by atoms with E-state index in [9.17, 15) is 14.9 Å². The van der Waals surface area contributed by atoms with E-state index < -0.39 is 4.92 Å². The lowest BCUT2D eigenvalue weighted by atomic mass is 10.2. The molecule has 0 fully saturated rings. The van der Waals surface area contributed by atoms with Gasteiger partial charge in [-0.15, -0.1) is 0 Å². The van der Waals surface area contributed by atoms with Crippen LogP contribution in [0.25, 0.3) is 5.69 Å². The molecule has 1 atom stereocenters. The maximum absolute atomic E-state index is 12.0. The Morgan fingerprint density at radius 1 is 1.45 bits per heavy atom. The van der Waals surface area contributed by atoms with Crippen molar-refractivity contribution in [1.29, 1.82) is 0 Å². The molecule has 2 N–H and O–H groups in total. The molecule has 2 aromatic rings. The Morgan fingerprint density at radius 2 is 2.14 bits per heavy atom. The summed E-state index contributed by atoms with van der Waals surface area (Å²) in [6, 6.07) is 5.72. The second-order valence-electron chi connectivity index (χ2n) is 4.83. The van der Waals surface area contributed by atoms with Gasteiger partial charge < -0.3 is 10.4 Å². The molecule has 0 saturated heterocycles. The predicted molar refractivity (Wildman–Crippen MR) is 78.8 cm³/mol. The summed E-state index contributed by atoms with van der Waals surface area (Å²) in [6.07, 6.45) is 3.44. The van der Waals surface area contributed by atoms with Crippen molar-refractivity contribution in [1.82, 2.24) is 15.1 Å². The third-order valence-electron chi connectivity index (χ3n) is 3.11. The number of nitrogens with zero attached hydrogens (tertiary/aromatic N) is 3. The first-order valence-corrected chi connectivity index (χ1v) is 6.72. The van der Waals surface area contributed by atoms with Crippen molar-refractivity contribution in [3.05, 3.63) is 52.3 Å². The molecule has 0 spiro atoms. The molecule has 0 radical (unpaired) electrons. The minimum atomic E-state index is -0.478. The van der Waals surface area contributed by atoms with E-state index in [2.05, 4.69) is 10.4 Å². The molecule has 1 amide bonds. The van der Waals surface area contributed by atoms with Gasteiger partial charge in [-0.2, -0.15) is 5.10 Å². The van der Waals surface area contributed by atoms with Crippen LogP contribution >= 0.6 is 0 Å². The number of carbonyl (C=O) groups excluding carboxylic acids is 1. The average molecular weight is 304 g/mol. The third-order valence-corrected chi connectivity index (χ3v) is 3.11. The molecule has 1 unspecified atom stereocenters. The fourth-order valence-electron chi connectivity index (χ4n) is 1.88. The topological polar surface area (TPSA) is 110 Å². The molecule has 8 nitrogen and oxygen atoms in total. The van der Waals surface area contributed by atoms with Gasteiger partial charge in [0.2, 0.25) is 0 Å². The van der Waals surface area contributed by atoms with E-state index in [1.807, 2.05) is 0 Å². The number of benzene rings is 1. The van der Waals surface area contributed by atoms with Crippen LogP contribution in [-0.2, 0) is 0 Å². The molecule has 1 heterocycles. The molecule has 116 valence electrons. The van der Waals surface area contributed by atoms with E-state index >= 15 is 0 Å². The largest absolute Gasteiger partial charge is 0.396 e. The van der Waals surface area contributed by atoms with E-state index in [1.54, 1.807) is 25.3 Å². The van der Waals surface area contributed by atoms with E-state index in [4.69, 9.17) is 5.11 Å². The Bertz CT molecular complexity index is 666. The fourth-order valence-corrected chi connectivity index (χ4v) is 1.88. The number of amides is 1. The van der Waals surface area contributed by atoms with Gasteiger partial charge in [0.1, 0.15) is 0 Å². The van der Waals surface area contributed by atoms with Gasteiger partial charge in [-0.3, -0.25) is 14.9 Å². The van der Waals surface area contributed by atoms with Crippen LogP contribution in [0.4, 0.5) is 5.69 Å². The highest BCUT2D eigenvalue weighted by Crippen LogP contribution is 2.15. The molecular weight excluding hydrogens is 288 g/mol. The molecule has 0 aliphatic heterocycles. The highest BCUT2D eigenvalue weighted by atomic mass is 16.6. The molecule has 0 bridgehead atoms. The number of nitro benzene ring substituents is 1. The molecule has 1 aromatic heterocycles. The van der Waals surface area contributed by atoms with Crippen molar-refractivity contribution in [3.63, 3.8) is 0 Å². The third kappa shape index (κ3) is 3.67. The second kappa shape index (κ2) is 6.81. The van der Waals surface area contributed by atoms with Crippen LogP contribution in [0.3, 0.4) is 0 Å². The maximum Gasteiger partial charge on any atom is 0.269 e. The SMILES string of the molecule is CC(CCO)NC(=O)c1cnn(-c2ccc([N+](=O)[O-])cc2)c1. The number of rotatable bonds is 6. The molecule has 22 heavy (non-hydrogen) atoms. The number of carbonyl (C=O) groups is 1. The summed E-state index contributed by atoms with van der Waals surface area (Å²) in [6.45, 7) is 1.80. The van der Waals surface area contributed by atoms with E-state index in [-0.39, 0.29) is 24.2 Å². The molecule has 1 aromatic carbocycles. The number of aliphatic hydroxyl groups excluding tert-OH is 1. The Hall–Kier alpha value is -2.74. The Balaban J connectivity index is 2.10. The number of hydrogen-bond donors (Lipinski definition) is 2. The van der Waals surface area contributed by atoms with Gasteiger partial charge in [-0.25, -0.2) is 4.68 Å². The summed E-state index contributed by atoms with van der Waals surface area (Å²) in [7, 11) is 0. The van der Waals surface area contributed by atoms with Gasteiger partial charge in [0, 0.05) is 31.0 Å². The smallest absolute Gasteiger partial charge is 0.269 e. The first-order valence-electron chi connectivity index (χ1n) is 6.72. The number of non-ortho nitro benzene ring substituents is 1. The molecular formula is C14H16N4O4. The van der Waals surface area contributed by atoms with Gasteiger partial charge in [-0.05, 0) is 25.5 Å². The standard InChI is InChI=1S/C14H16N4O4/c1-10(6-7-19)16-14(20)11-8-15-17(9-11)12-2-4-13(5-3-12)18(21)22/h2-5,8-10,19H,6-7H2,1H3,(H,16,20). The number of nitro groups is 1. The van der Waals surface area contributed by atoms with Gasteiger partial charge in [0.25, 0.3) is 11.6 Å². The summed E-state index contributed by atoms with van der Waals surface area (Å²) < 4.78 is 1.47. The Kier molecular flexibility index (Phi) is 4.84. The highest BCUT2D eigenvalue weighted by Gasteiger charge is 2.12. The normalized spacial score (nSPS) is 11.9. The quantitative estimate of drug-likeness (QED) is 0.617. The molecule has 0 saturated carbocycles. The first-order chi connectivity index (χ1) is 10.5. The number of aliphatic hydroxyl groups is 1. The van der Waals surface area contributed by atoms with Crippen LogP contribution in [0.5, 0.6) is 0 Å². The summed E-state index contributed by atoms with van der Waals surface area (Å²) in [4.78, 5) is 22.1. The monoisotopic (exact) mass is 304 g/mol. The van der Waals surface area contributed by atoms with Gasteiger partial charge in [0.05, 0.1) is 22.4 Å². The number of nitrogens with one attached hydrogen (secondary N) is 1. The van der Waals surface area contributed by atoms with Crippen LogP contribution in [0.2, 0.25) is 0 Å². The summed E-state index contributed by atoms with van der Waals surface area (Å²) in [5, 5.41) is 26.2. The van der Waals surface area contributed by atoms with Gasteiger partial charge >= 0.3 is 0 Å². The summed E-state index contributed by atoms with van der Waals surface area (Å²) >= 11 is 0. The summed E-state index contributed by atoms with van der Waals surface area (Å²) in [5.41, 5.74) is 0.989. The maximum atomic E-state index is 12.0. The van der Waals surface area contributed by atoms with Crippen molar-refractivity contribution in [2.75, 3.05) is 6.61 Å². The van der Waals surface area contributed by atoms with Crippen LogP contribution in [0.1, 0.15) is 23.7 Å². The first kappa shape index (κ1) is 15.6. The van der Waals surface area contributed by atoms with Gasteiger partial charge in [0.15, 0.2) is 0 Å². The lowest BCUT2D eigenvalue weighted by molar-refractivity contribution is -0.384. The Morgan fingerprint density at radius 3 is 2.73 bits per heavy atom. The fraction of sp³-hybridized carbons (Fsp3) is 0.286. The zero-order valence-corrected chi connectivity index (χ0v) is 12.0.